The van der Waals surface area contributed by atoms with Gasteiger partial charge in [0.25, 0.3) is 5.95 Å². The molecule has 0 spiro atoms. The molecule has 0 amide bonds. The number of hydrogen-bond acceptors (Lipinski definition) is 7. The highest BCUT2D eigenvalue weighted by atomic mass is 16.5. The number of hydrazine groups is 2. The van der Waals surface area contributed by atoms with Gasteiger partial charge in [0.05, 0.1) is 0 Å². The molecule has 1 aromatic heterocycles. The SMILES string of the molecule is C1=CN(C2CCNCC2)NN1c1ncon1. The fourth-order valence-corrected chi connectivity index (χ4v) is 2.00. The van der Waals surface area contributed by atoms with Gasteiger partial charge >= 0.3 is 0 Å². The van der Waals surface area contributed by atoms with E-state index in [-0.39, 0.29) is 0 Å². The zero-order chi connectivity index (χ0) is 10.8. The summed E-state index contributed by atoms with van der Waals surface area (Å²) in [4.78, 5) is 3.97. The Kier molecular flexibility index (Phi) is 2.47. The van der Waals surface area contributed by atoms with Gasteiger partial charge in [0, 0.05) is 18.4 Å². The highest BCUT2D eigenvalue weighted by Crippen LogP contribution is 2.16. The number of rotatable bonds is 2. The lowest BCUT2D eigenvalue weighted by molar-refractivity contribution is 0.175. The predicted octanol–water partition coefficient (Wildman–Crippen LogP) is -0.166. The van der Waals surface area contributed by atoms with Gasteiger partial charge < -0.3 is 9.84 Å². The summed E-state index contributed by atoms with van der Waals surface area (Å²) in [5.74, 6) is 0.521. The van der Waals surface area contributed by atoms with Crippen LogP contribution < -0.4 is 15.9 Å². The molecular weight excluding hydrogens is 208 g/mol. The van der Waals surface area contributed by atoms with Crippen molar-refractivity contribution in [3.05, 3.63) is 18.8 Å². The molecule has 0 aliphatic carbocycles. The number of anilines is 1. The lowest BCUT2D eigenvalue weighted by Gasteiger charge is -2.32. The molecule has 0 radical (unpaired) electrons. The quantitative estimate of drug-likeness (QED) is 0.720. The minimum Gasteiger partial charge on any atom is -0.341 e. The molecule has 0 bridgehead atoms. The van der Waals surface area contributed by atoms with Crippen LogP contribution in [-0.4, -0.2) is 34.3 Å². The largest absolute Gasteiger partial charge is 0.341 e. The molecule has 0 unspecified atom stereocenters. The van der Waals surface area contributed by atoms with Crippen molar-refractivity contribution in [2.24, 2.45) is 0 Å². The van der Waals surface area contributed by atoms with E-state index in [1.807, 2.05) is 12.4 Å². The van der Waals surface area contributed by atoms with Crippen molar-refractivity contribution in [2.45, 2.75) is 18.9 Å². The Morgan fingerprint density at radius 3 is 2.94 bits per heavy atom. The van der Waals surface area contributed by atoms with Gasteiger partial charge in [0.15, 0.2) is 0 Å². The van der Waals surface area contributed by atoms with Crippen LogP contribution in [0.5, 0.6) is 0 Å². The van der Waals surface area contributed by atoms with E-state index in [0.29, 0.717) is 12.0 Å². The van der Waals surface area contributed by atoms with Crippen molar-refractivity contribution in [1.82, 2.24) is 26.0 Å². The van der Waals surface area contributed by atoms with Gasteiger partial charge in [0.1, 0.15) is 0 Å². The van der Waals surface area contributed by atoms with Crippen molar-refractivity contribution < 1.29 is 4.52 Å². The van der Waals surface area contributed by atoms with Crippen LogP contribution in [0.1, 0.15) is 12.8 Å². The maximum atomic E-state index is 4.70. The van der Waals surface area contributed by atoms with Crippen molar-refractivity contribution in [2.75, 3.05) is 18.1 Å². The molecule has 7 heteroatoms. The lowest BCUT2D eigenvalue weighted by atomic mass is 10.1. The third kappa shape index (κ3) is 1.74. The molecule has 86 valence electrons. The van der Waals surface area contributed by atoms with Crippen LogP contribution in [-0.2, 0) is 0 Å². The standard InChI is InChI=1S/C9H14N6O/c1-3-10-4-2-8(1)14-5-6-15(13-14)9-11-7-16-12-9/h5-8,10,13H,1-4H2. The van der Waals surface area contributed by atoms with Gasteiger partial charge in [-0.2, -0.15) is 4.98 Å². The van der Waals surface area contributed by atoms with Crippen LogP contribution in [0, 0.1) is 0 Å². The molecule has 7 nitrogen and oxygen atoms in total. The summed E-state index contributed by atoms with van der Waals surface area (Å²) >= 11 is 0. The topological polar surface area (TPSA) is 69.5 Å². The van der Waals surface area contributed by atoms with Gasteiger partial charge in [-0.3, -0.25) is 5.01 Å². The molecular formula is C9H14N6O. The molecule has 2 aliphatic heterocycles. The fourth-order valence-electron chi connectivity index (χ4n) is 2.00. The Morgan fingerprint density at radius 2 is 2.19 bits per heavy atom. The lowest BCUT2D eigenvalue weighted by Crippen LogP contribution is -2.49. The fraction of sp³-hybridized carbons (Fsp3) is 0.556. The van der Waals surface area contributed by atoms with E-state index in [4.69, 9.17) is 4.52 Å². The summed E-state index contributed by atoms with van der Waals surface area (Å²) in [5, 5.41) is 10.9. The van der Waals surface area contributed by atoms with Gasteiger partial charge in [-0.1, -0.05) is 0 Å². The summed E-state index contributed by atoms with van der Waals surface area (Å²) in [6.45, 7) is 2.14. The molecule has 2 N–H and O–H groups in total. The maximum absolute atomic E-state index is 4.70. The first kappa shape index (κ1) is 9.61. The first-order valence-electron chi connectivity index (χ1n) is 5.43. The van der Waals surface area contributed by atoms with Crippen molar-refractivity contribution in [1.29, 1.82) is 0 Å². The first-order valence-corrected chi connectivity index (χ1v) is 5.43. The Bertz CT molecular complexity index is 358. The molecule has 1 fully saturated rings. The van der Waals surface area contributed by atoms with E-state index >= 15 is 0 Å². The highest BCUT2D eigenvalue weighted by molar-refractivity contribution is 5.31. The summed E-state index contributed by atoms with van der Waals surface area (Å²) in [7, 11) is 0. The second-order valence-electron chi connectivity index (χ2n) is 3.89. The molecule has 1 aromatic rings. The zero-order valence-electron chi connectivity index (χ0n) is 8.83. The normalized spacial score (nSPS) is 22.0. The monoisotopic (exact) mass is 222 g/mol. The van der Waals surface area contributed by atoms with E-state index < -0.39 is 0 Å². The molecule has 0 aromatic carbocycles. The van der Waals surface area contributed by atoms with Crippen LogP contribution in [0.15, 0.2) is 23.3 Å². The Hall–Kier alpha value is -1.60. The van der Waals surface area contributed by atoms with Crippen LogP contribution in [0.3, 0.4) is 0 Å². The molecule has 3 rings (SSSR count). The van der Waals surface area contributed by atoms with Gasteiger partial charge in [-0.05, 0) is 31.1 Å². The van der Waals surface area contributed by atoms with Crippen molar-refractivity contribution in [3.63, 3.8) is 0 Å². The molecule has 1 saturated heterocycles. The Morgan fingerprint density at radius 1 is 1.31 bits per heavy atom. The second kappa shape index (κ2) is 4.11. The number of hydrogen-bond donors (Lipinski definition) is 2. The summed E-state index contributed by atoms with van der Waals surface area (Å²) < 4.78 is 4.70. The van der Waals surface area contributed by atoms with Crippen LogP contribution in [0.25, 0.3) is 0 Å². The van der Waals surface area contributed by atoms with Crippen LogP contribution in [0.4, 0.5) is 5.95 Å². The van der Waals surface area contributed by atoms with Gasteiger partial charge in [0.2, 0.25) is 6.39 Å². The number of nitrogens with zero attached hydrogens (tertiary/aromatic N) is 4. The van der Waals surface area contributed by atoms with E-state index in [1.54, 1.807) is 5.01 Å². The zero-order valence-corrected chi connectivity index (χ0v) is 8.83. The molecule has 0 atom stereocenters. The van der Waals surface area contributed by atoms with E-state index in [1.165, 1.54) is 6.39 Å². The van der Waals surface area contributed by atoms with Crippen molar-refractivity contribution >= 4 is 5.95 Å². The Balaban J connectivity index is 1.63. The molecule has 3 heterocycles. The number of aromatic nitrogens is 2. The average molecular weight is 222 g/mol. The second-order valence-corrected chi connectivity index (χ2v) is 3.89. The molecule has 0 saturated carbocycles. The molecule has 2 aliphatic rings. The summed E-state index contributed by atoms with van der Waals surface area (Å²) in [6, 6.07) is 0.523. The third-order valence-corrected chi connectivity index (χ3v) is 2.87. The number of nitrogens with one attached hydrogen (secondary N) is 2. The predicted molar refractivity (Wildman–Crippen MR) is 56.8 cm³/mol. The smallest absolute Gasteiger partial charge is 0.285 e. The Labute approximate surface area is 93.0 Å². The van der Waals surface area contributed by atoms with Crippen LogP contribution >= 0.6 is 0 Å². The minimum absolute atomic E-state index is 0.521. The van der Waals surface area contributed by atoms with Gasteiger partial charge in [-0.25, -0.2) is 5.01 Å². The van der Waals surface area contributed by atoms with E-state index in [2.05, 4.69) is 26.0 Å². The van der Waals surface area contributed by atoms with E-state index in [0.717, 1.165) is 25.9 Å². The van der Waals surface area contributed by atoms with Crippen LogP contribution in [0.2, 0.25) is 0 Å². The van der Waals surface area contributed by atoms with Gasteiger partial charge in [-0.15, -0.1) is 5.53 Å². The molecule has 16 heavy (non-hydrogen) atoms. The minimum atomic E-state index is 0.521. The summed E-state index contributed by atoms with van der Waals surface area (Å²) in [6.07, 6.45) is 7.49. The maximum Gasteiger partial charge on any atom is 0.285 e. The third-order valence-electron chi connectivity index (χ3n) is 2.87. The highest BCUT2D eigenvalue weighted by Gasteiger charge is 2.24. The number of piperidine rings is 1. The summed E-state index contributed by atoms with van der Waals surface area (Å²) in [5.41, 5.74) is 3.21. The first-order chi connectivity index (χ1) is 7.93. The average Bonchev–Trinajstić information content (AvgIpc) is 3.01. The van der Waals surface area contributed by atoms with E-state index in [9.17, 15) is 0 Å². The van der Waals surface area contributed by atoms with Crippen molar-refractivity contribution in [3.8, 4) is 0 Å².